The number of para-hydroxylation sites is 1. The van der Waals surface area contributed by atoms with Gasteiger partial charge in [0, 0.05) is 57.8 Å². The maximum absolute atomic E-state index is 12.5. The Kier molecular flexibility index (Phi) is 8.28. The monoisotopic (exact) mass is 393 g/mol. The second-order valence-corrected chi connectivity index (χ2v) is 7.23. The molecule has 0 bridgehead atoms. The second kappa shape index (κ2) is 11.4. The SMILES string of the molecule is COc1ccccc1CNCCC(=O)N1CCN(C/C=C/c2ccccc2)CC1. The van der Waals surface area contributed by atoms with Gasteiger partial charge in [-0.05, 0) is 11.6 Å². The fourth-order valence-electron chi connectivity index (χ4n) is 3.51. The van der Waals surface area contributed by atoms with Gasteiger partial charge in [-0.15, -0.1) is 0 Å². The third kappa shape index (κ3) is 6.73. The molecule has 0 saturated carbocycles. The number of nitrogens with zero attached hydrogens (tertiary/aromatic N) is 2. The lowest BCUT2D eigenvalue weighted by atomic mass is 10.2. The molecule has 1 heterocycles. The standard InChI is InChI=1S/C24H31N3O2/c1-29-23-12-6-5-11-22(23)20-25-14-13-24(28)27-18-16-26(17-19-27)15-7-10-21-8-3-2-4-9-21/h2-12,25H,13-20H2,1H3/b10-7+. The first-order valence-corrected chi connectivity index (χ1v) is 10.3. The van der Waals surface area contributed by atoms with Crippen LogP contribution >= 0.6 is 0 Å². The molecule has 5 heteroatoms. The summed E-state index contributed by atoms with van der Waals surface area (Å²) in [4.78, 5) is 16.8. The summed E-state index contributed by atoms with van der Waals surface area (Å²) < 4.78 is 5.36. The van der Waals surface area contributed by atoms with Gasteiger partial charge < -0.3 is 15.0 Å². The zero-order valence-corrected chi connectivity index (χ0v) is 17.2. The van der Waals surface area contributed by atoms with Crippen LogP contribution in [0.15, 0.2) is 60.7 Å². The highest BCUT2D eigenvalue weighted by atomic mass is 16.5. The van der Waals surface area contributed by atoms with Gasteiger partial charge in [-0.25, -0.2) is 0 Å². The molecule has 1 aliphatic heterocycles. The molecule has 3 rings (SSSR count). The van der Waals surface area contributed by atoms with E-state index >= 15 is 0 Å². The summed E-state index contributed by atoms with van der Waals surface area (Å²) in [5.41, 5.74) is 2.33. The summed E-state index contributed by atoms with van der Waals surface area (Å²) in [6.07, 6.45) is 4.89. The van der Waals surface area contributed by atoms with E-state index in [4.69, 9.17) is 4.74 Å². The maximum atomic E-state index is 12.5. The van der Waals surface area contributed by atoms with E-state index in [9.17, 15) is 4.79 Å². The molecule has 1 aliphatic rings. The number of methoxy groups -OCH3 is 1. The molecule has 2 aromatic carbocycles. The summed E-state index contributed by atoms with van der Waals surface area (Å²) >= 11 is 0. The second-order valence-electron chi connectivity index (χ2n) is 7.23. The molecule has 1 amide bonds. The van der Waals surface area contributed by atoms with Gasteiger partial charge in [0.05, 0.1) is 7.11 Å². The van der Waals surface area contributed by atoms with Crippen molar-refractivity contribution in [1.29, 1.82) is 0 Å². The van der Waals surface area contributed by atoms with E-state index in [0.29, 0.717) is 19.5 Å². The fourth-order valence-corrected chi connectivity index (χ4v) is 3.51. The number of ether oxygens (including phenoxy) is 1. The average Bonchev–Trinajstić information content (AvgIpc) is 2.78. The number of hydrogen-bond acceptors (Lipinski definition) is 4. The molecule has 154 valence electrons. The first kappa shape index (κ1) is 21.1. The van der Waals surface area contributed by atoms with Gasteiger partial charge >= 0.3 is 0 Å². The summed E-state index contributed by atoms with van der Waals surface area (Å²) in [5, 5.41) is 3.35. The number of carbonyl (C=O) groups is 1. The first-order valence-electron chi connectivity index (χ1n) is 10.3. The fraction of sp³-hybridized carbons (Fsp3) is 0.375. The highest BCUT2D eigenvalue weighted by molar-refractivity contribution is 5.76. The quantitative estimate of drug-likeness (QED) is 0.665. The van der Waals surface area contributed by atoms with E-state index in [1.807, 2.05) is 35.2 Å². The summed E-state index contributed by atoms with van der Waals surface area (Å²) in [6, 6.07) is 18.3. The van der Waals surface area contributed by atoms with Crippen LogP contribution in [-0.4, -0.2) is 62.1 Å². The van der Waals surface area contributed by atoms with Crippen molar-refractivity contribution >= 4 is 12.0 Å². The normalized spacial score (nSPS) is 15.0. The topological polar surface area (TPSA) is 44.8 Å². The number of hydrogen-bond donors (Lipinski definition) is 1. The van der Waals surface area contributed by atoms with Gasteiger partial charge in [0.15, 0.2) is 0 Å². The van der Waals surface area contributed by atoms with E-state index in [1.54, 1.807) is 7.11 Å². The lowest BCUT2D eigenvalue weighted by Crippen LogP contribution is -2.49. The van der Waals surface area contributed by atoms with Gasteiger partial charge in [-0.2, -0.15) is 0 Å². The smallest absolute Gasteiger partial charge is 0.223 e. The molecule has 2 aromatic rings. The summed E-state index contributed by atoms with van der Waals surface area (Å²) in [5.74, 6) is 1.11. The van der Waals surface area contributed by atoms with Gasteiger partial charge in [-0.3, -0.25) is 9.69 Å². The van der Waals surface area contributed by atoms with Crippen LogP contribution in [0.5, 0.6) is 5.75 Å². The third-order valence-electron chi connectivity index (χ3n) is 5.22. The van der Waals surface area contributed by atoms with Crippen LogP contribution in [0.4, 0.5) is 0 Å². The molecule has 5 nitrogen and oxygen atoms in total. The lowest BCUT2D eigenvalue weighted by Gasteiger charge is -2.34. The van der Waals surface area contributed by atoms with Gasteiger partial charge in [-0.1, -0.05) is 60.7 Å². The molecule has 0 aliphatic carbocycles. The number of carbonyl (C=O) groups excluding carboxylic acids is 1. The van der Waals surface area contributed by atoms with Crippen molar-refractivity contribution in [3.05, 3.63) is 71.8 Å². The van der Waals surface area contributed by atoms with Crippen LogP contribution in [0.3, 0.4) is 0 Å². The lowest BCUT2D eigenvalue weighted by molar-refractivity contribution is -0.132. The molecular formula is C24H31N3O2. The van der Waals surface area contributed by atoms with E-state index in [-0.39, 0.29) is 5.91 Å². The van der Waals surface area contributed by atoms with E-state index in [0.717, 1.165) is 44.0 Å². The Morgan fingerprint density at radius 3 is 2.52 bits per heavy atom. The van der Waals surface area contributed by atoms with Crippen molar-refractivity contribution in [2.75, 3.05) is 46.4 Å². The molecule has 0 radical (unpaired) electrons. The van der Waals surface area contributed by atoms with Crippen LogP contribution in [0, 0.1) is 0 Å². The Labute approximate surface area is 174 Å². The third-order valence-corrected chi connectivity index (χ3v) is 5.22. The summed E-state index contributed by atoms with van der Waals surface area (Å²) in [6.45, 7) is 5.79. The Balaban J connectivity index is 1.32. The maximum Gasteiger partial charge on any atom is 0.223 e. The van der Waals surface area contributed by atoms with Crippen molar-refractivity contribution in [3.8, 4) is 5.75 Å². The Hall–Kier alpha value is -2.63. The number of rotatable bonds is 9. The van der Waals surface area contributed by atoms with Gasteiger partial charge in [0.2, 0.25) is 5.91 Å². The van der Waals surface area contributed by atoms with Crippen LogP contribution < -0.4 is 10.1 Å². The van der Waals surface area contributed by atoms with Crippen molar-refractivity contribution in [2.24, 2.45) is 0 Å². The summed E-state index contributed by atoms with van der Waals surface area (Å²) in [7, 11) is 1.68. The highest BCUT2D eigenvalue weighted by Crippen LogP contribution is 2.16. The van der Waals surface area contributed by atoms with Crippen molar-refractivity contribution in [3.63, 3.8) is 0 Å². The number of benzene rings is 2. The first-order chi connectivity index (χ1) is 14.3. The van der Waals surface area contributed by atoms with Gasteiger partial charge in [0.1, 0.15) is 5.75 Å². The largest absolute Gasteiger partial charge is 0.496 e. The number of piperazine rings is 1. The van der Waals surface area contributed by atoms with E-state index < -0.39 is 0 Å². The molecule has 0 spiro atoms. The van der Waals surface area contributed by atoms with Crippen LogP contribution in [-0.2, 0) is 11.3 Å². The van der Waals surface area contributed by atoms with Crippen molar-refractivity contribution < 1.29 is 9.53 Å². The highest BCUT2D eigenvalue weighted by Gasteiger charge is 2.19. The van der Waals surface area contributed by atoms with Crippen molar-refractivity contribution in [1.82, 2.24) is 15.1 Å². The van der Waals surface area contributed by atoms with Crippen LogP contribution in [0.1, 0.15) is 17.5 Å². The molecule has 1 saturated heterocycles. The predicted molar refractivity (Wildman–Crippen MR) is 118 cm³/mol. The minimum Gasteiger partial charge on any atom is -0.496 e. The van der Waals surface area contributed by atoms with Crippen LogP contribution in [0.2, 0.25) is 0 Å². The minimum absolute atomic E-state index is 0.233. The zero-order chi connectivity index (χ0) is 20.3. The molecule has 0 atom stereocenters. The minimum atomic E-state index is 0.233. The molecule has 29 heavy (non-hydrogen) atoms. The molecule has 0 aromatic heterocycles. The van der Waals surface area contributed by atoms with Crippen molar-refractivity contribution in [2.45, 2.75) is 13.0 Å². The van der Waals surface area contributed by atoms with E-state index in [2.05, 4.69) is 46.6 Å². The number of nitrogens with one attached hydrogen (secondary N) is 1. The van der Waals surface area contributed by atoms with Crippen LogP contribution in [0.25, 0.3) is 6.08 Å². The van der Waals surface area contributed by atoms with E-state index in [1.165, 1.54) is 5.56 Å². The Bertz CT molecular complexity index is 784. The zero-order valence-electron chi connectivity index (χ0n) is 17.2. The van der Waals surface area contributed by atoms with Gasteiger partial charge in [0.25, 0.3) is 0 Å². The molecule has 1 fully saturated rings. The Morgan fingerprint density at radius 2 is 1.76 bits per heavy atom. The molecule has 1 N–H and O–H groups in total. The number of amides is 1. The molecule has 0 unspecified atom stereocenters. The Morgan fingerprint density at radius 1 is 1.03 bits per heavy atom. The molecular weight excluding hydrogens is 362 g/mol. The average molecular weight is 394 g/mol. The predicted octanol–water partition coefficient (Wildman–Crippen LogP) is 3.03.